The predicted molar refractivity (Wildman–Crippen MR) is 130 cm³/mol. The number of aromatic nitrogens is 3. The Morgan fingerprint density at radius 1 is 1.15 bits per heavy atom. The topological polar surface area (TPSA) is 110 Å². The highest BCUT2D eigenvalue weighted by atomic mass is 16.6. The lowest BCUT2D eigenvalue weighted by atomic mass is 10.2. The summed E-state index contributed by atoms with van der Waals surface area (Å²) in [5.74, 6) is 0.943. The van der Waals surface area contributed by atoms with Crippen LogP contribution in [0.25, 0.3) is 11.3 Å². The Kier molecular flexibility index (Phi) is 8.37. The molecule has 2 aromatic heterocycles. The van der Waals surface area contributed by atoms with Crippen molar-refractivity contribution in [3.8, 4) is 17.1 Å². The van der Waals surface area contributed by atoms with E-state index in [9.17, 15) is 9.90 Å². The standard InChI is InChI=1S/C25H31N5O4/c1-25(2,3)34-24(32)30(4)13-6-14-33-22-10-9-19(16-27-22)21-11-12-26-23(29-21)28-20-8-5-7-18(15-20)17-31/h5,7-12,15-16,31H,6,13-14,17H2,1-4H3,(H,26,28,29). The van der Waals surface area contributed by atoms with Crippen LogP contribution in [-0.4, -0.2) is 56.9 Å². The minimum absolute atomic E-state index is 0.0308. The number of ether oxygens (including phenoxy) is 2. The van der Waals surface area contributed by atoms with Crippen LogP contribution in [0.4, 0.5) is 16.4 Å². The molecule has 9 heteroatoms. The average molecular weight is 466 g/mol. The maximum absolute atomic E-state index is 12.0. The van der Waals surface area contributed by atoms with E-state index >= 15 is 0 Å². The number of rotatable bonds is 9. The van der Waals surface area contributed by atoms with E-state index in [1.807, 2.05) is 51.1 Å². The lowest BCUT2D eigenvalue weighted by Gasteiger charge is -2.24. The number of benzene rings is 1. The Hall–Kier alpha value is -3.72. The van der Waals surface area contributed by atoms with E-state index in [0.29, 0.717) is 37.1 Å². The summed E-state index contributed by atoms with van der Waals surface area (Å²) in [5.41, 5.74) is 2.62. The number of anilines is 2. The molecule has 2 N–H and O–H groups in total. The van der Waals surface area contributed by atoms with Gasteiger partial charge in [-0.25, -0.2) is 19.7 Å². The van der Waals surface area contributed by atoms with Gasteiger partial charge in [-0.05, 0) is 57.0 Å². The van der Waals surface area contributed by atoms with E-state index in [1.165, 1.54) is 4.90 Å². The maximum Gasteiger partial charge on any atom is 0.410 e. The molecule has 0 unspecified atom stereocenters. The highest BCUT2D eigenvalue weighted by Crippen LogP contribution is 2.21. The molecule has 0 atom stereocenters. The number of nitrogens with zero attached hydrogens (tertiary/aromatic N) is 4. The number of amides is 1. The van der Waals surface area contributed by atoms with Gasteiger partial charge in [0.25, 0.3) is 0 Å². The lowest BCUT2D eigenvalue weighted by Crippen LogP contribution is -2.35. The third-order valence-electron chi connectivity index (χ3n) is 4.65. The summed E-state index contributed by atoms with van der Waals surface area (Å²) < 4.78 is 11.0. The van der Waals surface area contributed by atoms with Gasteiger partial charge < -0.3 is 24.8 Å². The molecular formula is C25H31N5O4. The normalized spacial score (nSPS) is 11.1. The second-order valence-electron chi connectivity index (χ2n) is 8.74. The van der Waals surface area contributed by atoms with Crippen LogP contribution in [0.1, 0.15) is 32.8 Å². The van der Waals surface area contributed by atoms with Gasteiger partial charge in [0, 0.05) is 43.3 Å². The Morgan fingerprint density at radius 3 is 2.68 bits per heavy atom. The fourth-order valence-corrected chi connectivity index (χ4v) is 2.98. The first-order valence-electron chi connectivity index (χ1n) is 11.1. The van der Waals surface area contributed by atoms with Gasteiger partial charge in [-0.1, -0.05) is 12.1 Å². The van der Waals surface area contributed by atoms with Gasteiger partial charge >= 0.3 is 6.09 Å². The zero-order valence-corrected chi connectivity index (χ0v) is 20.0. The van der Waals surface area contributed by atoms with Crippen LogP contribution in [0.15, 0.2) is 54.9 Å². The van der Waals surface area contributed by atoms with Crippen LogP contribution in [0, 0.1) is 0 Å². The molecule has 0 fully saturated rings. The summed E-state index contributed by atoms with van der Waals surface area (Å²) in [6.45, 7) is 6.43. The van der Waals surface area contributed by atoms with E-state index in [2.05, 4.69) is 20.3 Å². The van der Waals surface area contributed by atoms with Gasteiger partial charge in [0.2, 0.25) is 11.8 Å². The van der Waals surface area contributed by atoms with Gasteiger partial charge in [0.05, 0.1) is 18.9 Å². The van der Waals surface area contributed by atoms with Gasteiger partial charge in [-0.3, -0.25) is 0 Å². The zero-order valence-electron chi connectivity index (χ0n) is 20.0. The summed E-state index contributed by atoms with van der Waals surface area (Å²) in [4.78, 5) is 26.7. The van der Waals surface area contributed by atoms with E-state index in [-0.39, 0.29) is 12.7 Å². The Labute approximate surface area is 199 Å². The molecular weight excluding hydrogens is 434 g/mol. The van der Waals surface area contributed by atoms with Crippen LogP contribution >= 0.6 is 0 Å². The quantitative estimate of drug-likeness (QED) is 0.447. The molecule has 9 nitrogen and oxygen atoms in total. The Bertz CT molecular complexity index is 1080. The monoisotopic (exact) mass is 465 g/mol. The molecule has 0 aliphatic carbocycles. The number of carbonyl (C=O) groups excluding carboxylic acids is 1. The van der Waals surface area contributed by atoms with Gasteiger partial charge in [0.15, 0.2) is 0 Å². The van der Waals surface area contributed by atoms with Gasteiger partial charge in [-0.15, -0.1) is 0 Å². The fourth-order valence-electron chi connectivity index (χ4n) is 2.98. The molecule has 0 saturated carbocycles. The zero-order chi connectivity index (χ0) is 24.6. The molecule has 0 spiro atoms. The molecule has 0 radical (unpaired) electrons. The van der Waals surface area contributed by atoms with E-state index < -0.39 is 5.60 Å². The predicted octanol–water partition coefficient (Wildman–Crippen LogP) is 4.41. The SMILES string of the molecule is CN(CCCOc1ccc(-c2ccnc(Nc3cccc(CO)c3)n2)cn1)C(=O)OC(C)(C)C. The number of carbonyl (C=O) groups is 1. The number of nitrogens with one attached hydrogen (secondary N) is 1. The molecule has 0 aliphatic heterocycles. The third-order valence-corrected chi connectivity index (χ3v) is 4.65. The summed E-state index contributed by atoms with van der Waals surface area (Å²) >= 11 is 0. The second-order valence-corrected chi connectivity index (χ2v) is 8.74. The van der Waals surface area contributed by atoms with Crippen molar-refractivity contribution in [3.05, 3.63) is 60.4 Å². The van der Waals surface area contributed by atoms with Crippen LogP contribution in [0.2, 0.25) is 0 Å². The number of aliphatic hydroxyl groups excluding tert-OH is 1. The Balaban J connectivity index is 1.51. The molecule has 34 heavy (non-hydrogen) atoms. The van der Waals surface area contributed by atoms with Gasteiger partial charge in [0.1, 0.15) is 5.60 Å². The van der Waals surface area contributed by atoms with Crippen LogP contribution in [0.3, 0.4) is 0 Å². The number of hydrogen-bond acceptors (Lipinski definition) is 8. The van der Waals surface area contributed by atoms with Crippen LogP contribution in [-0.2, 0) is 11.3 Å². The minimum Gasteiger partial charge on any atom is -0.478 e. The number of aliphatic hydroxyl groups is 1. The second kappa shape index (κ2) is 11.4. The third kappa shape index (κ3) is 7.70. The molecule has 0 bridgehead atoms. The molecule has 3 aromatic rings. The highest BCUT2D eigenvalue weighted by Gasteiger charge is 2.19. The summed E-state index contributed by atoms with van der Waals surface area (Å²) in [6, 6.07) is 12.9. The van der Waals surface area contributed by atoms with E-state index in [0.717, 1.165) is 16.8 Å². The molecule has 3 rings (SSSR count). The molecule has 0 saturated heterocycles. The minimum atomic E-state index is -0.515. The Morgan fingerprint density at radius 2 is 1.97 bits per heavy atom. The van der Waals surface area contributed by atoms with Crippen molar-refractivity contribution in [2.45, 2.75) is 39.4 Å². The smallest absolute Gasteiger partial charge is 0.410 e. The molecule has 1 amide bonds. The van der Waals surface area contributed by atoms with Crippen molar-refractivity contribution in [2.24, 2.45) is 0 Å². The summed E-state index contributed by atoms with van der Waals surface area (Å²) in [6.07, 6.45) is 3.67. The first kappa shape index (κ1) is 24.9. The first-order chi connectivity index (χ1) is 16.2. The fraction of sp³-hybridized carbons (Fsp3) is 0.360. The lowest BCUT2D eigenvalue weighted by molar-refractivity contribution is 0.0292. The van der Waals surface area contributed by atoms with Crippen molar-refractivity contribution < 1.29 is 19.4 Å². The number of pyridine rings is 1. The van der Waals surface area contributed by atoms with Crippen molar-refractivity contribution in [1.29, 1.82) is 0 Å². The van der Waals surface area contributed by atoms with E-state index in [1.54, 1.807) is 31.6 Å². The average Bonchev–Trinajstić information content (AvgIpc) is 2.81. The molecule has 2 heterocycles. The molecule has 180 valence electrons. The van der Waals surface area contributed by atoms with Crippen LogP contribution in [0.5, 0.6) is 5.88 Å². The van der Waals surface area contributed by atoms with Crippen molar-refractivity contribution in [1.82, 2.24) is 19.9 Å². The van der Waals surface area contributed by atoms with Crippen molar-refractivity contribution in [2.75, 3.05) is 25.5 Å². The summed E-state index contributed by atoms with van der Waals surface area (Å²) in [5, 5.41) is 12.4. The summed E-state index contributed by atoms with van der Waals surface area (Å²) in [7, 11) is 1.70. The molecule has 0 aliphatic rings. The van der Waals surface area contributed by atoms with Crippen molar-refractivity contribution >= 4 is 17.7 Å². The molecule has 1 aromatic carbocycles. The van der Waals surface area contributed by atoms with Crippen molar-refractivity contribution in [3.63, 3.8) is 0 Å². The van der Waals surface area contributed by atoms with Crippen LogP contribution < -0.4 is 10.1 Å². The largest absolute Gasteiger partial charge is 0.478 e. The first-order valence-corrected chi connectivity index (χ1v) is 11.1. The van der Waals surface area contributed by atoms with Gasteiger partial charge in [-0.2, -0.15) is 0 Å². The number of hydrogen-bond donors (Lipinski definition) is 2. The van der Waals surface area contributed by atoms with E-state index in [4.69, 9.17) is 9.47 Å². The highest BCUT2D eigenvalue weighted by molar-refractivity contribution is 5.67. The maximum atomic E-state index is 12.0.